The van der Waals surface area contributed by atoms with Gasteiger partial charge in [-0.2, -0.15) is 0 Å². The summed E-state index contributed by atoms with van der Waals surface area (Å²) >= 11 is 0. The van der Waals surface area contributed by atoms with E-state index >= 15 is 0 Å². The van der Waals surface area contributed by atoms with Crippen molar-refractivity contribution < 1.29 is 5.11 Å². The average Bonchev–Trinajstić information content (AvgIpc) is 2.42. The highest BCUT2D eigenvalue weighted by atomic mass is 16.3. The van der Waals surface area contributed by atoms with E-state index in [1.54, 1.807) is 0 Å². The number of aliphatic hydroxyl groups is 1. The molecule has 0 heterocycles. The molecule has 2 heteroatoms. The van der Waals surface area contributed by atoms with Crippen LogP contribution in [0.1, 0.15) is 69.8 Å². The summed E-state index contributed by atoms with van der Waals surface area (Å²) in [5.41, 5.74) is 4.01. The van der Waals surface area contributed by atoms with Crippen LogP contribution in [-0.4, -0.2) is 16.7 Å². The Hall–Kier alpha value is -0.860. The van der Waals surface area contributed by atoms with Gasteiger partial charge in [-0.15, -0.1) is 0 Å². The molecule has 2 nitrogen and oxygen atoms in total. The molecule has 1 aromatic carbocycles. The van der Waals surface area contributed by atoms with E-state index in [0.29, 0.717) is 0 Å². The fourth-order valence-electron chi connectivity index (χ4n) is 3.13. The second kappa shape index (κ2) is 6.28. The Morgan fingerprint density at radius 1 is 1.15 bits per heavy atom. The van der Waals surface area contributed by atoms with E-state index in [-0.39, 0.29) is 11.6 Å². The van der Waals surface area contributed by atoms with Gasteiger partial charge in [-0.1, -0.05) is 25.1 Å². The Bertz CT molecular complexity index is 447. The molecule has 2 atom stereocenters. The first kappa shape index (κ1) is 15.5. The van der Waals surface area contributed by atoms with Crippen molar-refractivity contribution in [3.63, 3.8) is 0 Å². The zero-order valence-electron chi connectivity index (χ0n) is 13.4. The first-order valence-corrected chi connectivity index (χ1v) is 7.98. The van der Waals surface area contributed by atoms with E-state index in [1.807, 2.05) is 0 Å². The number of nitrogens with one attached hydrogen (secondary N) is 1. The van der Waals surface area contributed by atoms with Crippen molar-refractivity contribution in [2.75, 3.05) is 0 Å². The summed E-state index contributed by atoms with van der Waals surface area (Å²) < 4.78 is 0. The zero-order valence-corrected chi connectivity index (χ0v) is 13.4. The lowest BCUT2D eigenvalue weighted by Gasteiger charge is -2.32. The maximum absolute atomic E-state index is 10.7. The number of fused-ring (bicyclic) bond motifs is 1. The third kappa shape index (κ3) is 3.83. The Morgan fingerprint density at radius 3 is 2.40 bits per heavy atom. The van der Waals surface area contributed by atoms with Gasteiger partial charge in [0.15, 0.2) is 0 Å². The van der Waals surface area contributed by atoms with E-state index in [2.05, 4.69) is 51.2 Å². The third-order valence-corrected chi connectivity index (χ3v) is 4.15. The molecule has 20 heavy (non-hydrogen) atoms. The number of hydrogen-bond acceptors (Lipinski definition) is 2. The maximum Gasteiger partial charge on any atom is 0.0943 e. The molecule has 0 aromatic heterocycles. The van der Waals surface area contributed by atoms with Crippen LogP contribution in [0, 0.1) is 0 Å². The Labute approximate surface area is 123 Å². The molecule has 2 unspecified atom stereocenters. The second-order valence-corrected chi connectivity index (χ2v) is 7.09. The topological polar surface area (TPSA) is 32.3 Å². The van der Waals surface area contributed by atoms with Crippen LogP contribution in [0.2, 0.25) is 0 Å². The van der Waals surface area contributed by atoms with Gasteiger partial charge in [0, 0.05) is 11.6 Å². The number of rotatable bonds is 4. The van der Waals surface area contributed by atoms with Crippen LogP contribution in [0.4, 0.5) is 0 Å². The SMILES string of the molecule is CCC(NC(C)(C)C)C(O)c1ccc2c(c1)CCCC2. The predicted octanol–water partition coefficient (Wildman–Crippen LogP) is 3.77. The van der Waals surface area contributed by atoms with Crippen LogP contribution in [0.3, 0.4) is 0 Å². The van der Waals surface area contributed by atoms with Gasteiger partial charge >= 0.3 is 0 Å². The van der Waals surface area contributed by atoms with E-state index in [4.69, 9.17) is 0 Å². The quantitative estimate of drug-likeness (QED) is 0.877. The van der Waals surface area contributed by atoms with Crippen LogP contribution in [0.25, 0.3) is 0 Å². The van der Waals surface area contributed by atoms with Crippen LogP contribution < -0.4 is 5.32 Å². The smallest absolute Gasteiger partial charge is 0.0943 e. The fraction of sp³-hybridized carbons (Fsp3) is 0.667. The van der Waals surface area contributed by atoms with Crippen molar-refractivity contribution in [3.8, 4) is 0 Å². The Morgan fingerprint density at radius 2 is 1.80 bits per heavy atom. The van der Waals surface area contributed by atoms with E-state index in [1.165, 1.54) is 36.8 Å². The normalized spacial score (nSPS) is 18.4. The average molecular weight is 275 g/mol. The standard InChI is InChI=1S/C18H29NO/c1-5-16(19-18(2,3)4)17(20)15-11-10-13-8-6-7-9-14(13)12-15/h10-12,16-17,19-20H,5-9H2,1-4H3. The van der Waals surface area contributed by atoms with Crippen molar-refractivity contribution >= 4 is 0 Å². The number of aliphatic hydroxyl groups excluding tert-OH is 1. The molecule has 0 bridgehead atoms. The van der Waals surface area contributed by atoms with Crippen molar-refractivity contribution in [2.24, 2.45) is 0 Å². The predicted molar refractivity (Wildman–Crippen MR) is 85.0 cm³/mol. The minimum Gasteiger partial charge on any atom is -0.387 e. The van der Waals surface area contributed by atoms with Crippen LogP contribution in [-0.2, 0) is 12.8 Å². The van der Waals surface area contributed by atoms with Crippen molar-refractivity contribution in [2.45, 2.75) is 77.5 Å². The van der Waals surface area contributed by atoms with E-state index in [0.717, 1.165) is 12.0 Å². The molecule has 0 radical (unpaired) electrons. The minimum atomic E-state index is -0.425. The largest absolute Gasteiger partial charge is 0.387 e. The van der Waals surface area contributed by atoms with E-state index in [9.17, 15) is 5.11 Å². The highest BCUT2D eigenvalue weighted by molar-refractivity contribution is 5.35. The molecule has 1 aromatic rings. The van der Waals surface area contributed by atoms with Gasteiger partial charge in [0.1, 0.15) is 0 Å². The third-order valence-electron chi connectivity index (χ3n) is 4.15. The van der Waals surface area contributed by atoms with Crippen LogP contribution in [0.15, 0.2) is 18.2 Å². The van der Waals surface area contributed by atoms with Gasteiger partial charge in [-0.05, 0) is 69.6 Å². The Kier molecular flexibility index (Phi) is 4.87. The first-order chi connectivity index (χ1) is 9.40. The maximum atomic E-state index is 10.7. The monoisotopic (exact) mass is 275 g/mol. The van der Waals surface area contributed by atoms with Crippen molar-refractivity contribution in [1.82, 2.24) is 5.32 Å². The highest BCUT2D eigenvalue weighted by Gasteiger charge is 2.24. The van der Waals surface area contributed by atoms with Crippen LogP contribution in [0.5, 0.6) is 0 Å². The fourth-order valence-corrected chi connectivity index (χ4v) is 3.13. The van der Waals surface area contributed by atoms with Gasteiger partial charge in [0.25, 0.3) is 0 Å². The summed E-state index contributed by atoms with van der Waals surface area (Å²) in [6.45, 7) is 8.57. The second-order valence-electron chi connectivity index (χ2n) is 7.09. The molecule has 0 aliphatic heterocycles. The van der Waals surface area contributed by atoms with Gasteiger partial charge in [-0.3, -0.25) is 0 Å². The van der Waals surface area contributed by atoms with Gasteiger partial charge in [-0.25, -0.2) is 0 Å². The Balaban J connectivity index is 2.16. The lowest BCUT2D eigenvalue weighted by Crippen LogP contribution is -2.46. The van der Waals surface area contributed by atoms with Crippen LogP contribution >= 0.6 is 0 Å². The summed E-state index contributed by atoms with van der Waals surface area (Å²) in [6.07, 6.45) is 5.45. The summed E-state index contributed by atoms with van der Waals surface area (Å²) in [5, 5.41) is 14.2. The van der Waals surface area contributed by atoms with Gasteiger partial charge < -0.3 is 10.4 Å². The number of hydrogen-bond donors (Lipinski definition) is 2. The molecule has 0 spiro atoms. The molecule has 0 amide bonds. The molecular weight excluding hydrogens is 246 g/mol. The van der Waals surface area contributed by atoms with Crippen molar-refractivity contribution in [3.05, 3.63) is 34.9 Å². The summed E-state index contributed by atoms with van der Waals surface area (Å²) in [6, 6.07) is 6.67. The van der Waals surface area contributed by atoms with Gasteiger partial charge in [0.2, 0.25) is 0 Å². The molecule has 2 N–H and O–H groups in total. The zero-order chi connectivity index (χ0) is 14.8. The summed E-state index contributed by atoms with van der Waals surface area (Å²) in [7, 11) is 0. The minimum absolute atomic E-state index is 0.0237. The lowest BCUT2D eigenvalue weighted by molar-refractivity contribution is 0.111. The van der Waals surface area contributed by atoms with Crippen molar-refractivity contribution in [1.29, 1.82) is 0 Å². The molecule has 2 rings (SSSR count). The molecule has 0 saturated carbocycles. The molecular formula is C18H29NO. The molecule has 0 saturated heterocycles. The molecule has 1 aliphatic rings. The summed E-state index contributed by atoms with van der Waals surface area (Å²) in [5.74, 6) is 0. The lowest BCUT2D eigenvalue weighted by atomic mass is 9.88. The number of benzene rings is 1. The summed E-state index contributed by atoms with van der Waals surface area (Å²) in [4.78, 5) is 0. The molecule has 1 aliphatic carbocycles. The molecule has 112 valence electrons. The first-order valence-electron chi connectivity index (χ1n) is 7.98. The highest BCUT2D eigenvalue weighted by Crippen LogP contribution is 2.27. The number of aryl methyl sites for hydroxylation is 2. The molecule has 0 fully saturated rings. The van der Waals surface area contributed by atoms with E-state index < -0.39 is 6.10 Å². The van der Waals surface area contributed by atoms with Gasteiger partial charge in [0.05, 0.1) is 6.10 Å².